The Bertz CT molecular complexity index is 489. The molecule has 0 fully saturated rings. The Morgan fingerprint density at radius 1 is 1.44 bits per heavy atom. The second kappa shape index (κ2) is 6.11. The van der Waals surface area contributed by atoms with Crippen LogP contribution in [0.5, 0.6) is 0 Å². The van der Waals surface area contributed by atoms with Crippen LogP contribution >= 0.6 is 11.3 Å². The molecule has 1 unspecified atom stereocenters. The largest absolute Gasteiger partial charge is 0.335 e. The average molecular weight is 264 g/mol. The van der Waals surface area contributed by atoms with Crippen LogP contribution in [0.25, 0.3) is 0 Å². The second-order valence-corrected chi connectivity index (χ2v) is 5.53. The van der Waals surface area contributed by atoms with Crippen LogP contribution in [0.1, 0.15) is 29.9 Å². The summed E-state index contributed by atoms with van der Waals surface area (Å²) in [5, 5.41) is 3.19. The molecule has 0 saturated carbocycles. The maximum Gasteiger partial charge on any atom is 0.110 e. The first kappa shape index (κ1) is 13.2. The zero-order valence-corrected chi connectivity index (χ0v) is 11.8. The smallest absolute Gasteiger partial charge is 0.110 e. The Balaban J connectivity index is 1.94. The van der Waals surface area contributed by atoms with Crippen LogP contribution in [0.15, 0.2) is 17.8 Å². The van der Waals surface area contributed by atoms with Crippen molar-refractivity contribution in [2.24, 2.45) is 5.73 Å². The van der Waals surface area contributed by atoms with Gasteiger partial charge in [0, 0.05) is 48.9 Å². The monoisotopic (exact) mass is 264 g/mol. The van der Waals surface area contributed by atoms with Gasteiger partial charge in [0.15, 0.2) is 0 Å². The van der Waals surface area contributed by atoms with Crippen molar-refractivity contribution in [1.82, 2.24) is 14.5 Å². The van der Waals surface area contributed by atoms with Gasteiger partial charge in [0.05, 0.1) is 5.01 Å². The lowest BCUT2D eigenvalue weighted by Crippen LogP contribution is -2.27. The minimum Gasteiger partial charge on any atom is -0.335 e. The van der Waals surface area contributed by atoms with Crippen LogP contribution < -0.4 is 5.73 Å². The summed E-state index contributed by atoms with van der Waals surface area (Å²) in [5.74, 6) is 1.08. The van der Waals surface area contributed by atoms with Gasteiger partial charge in [-0.25, -0.2) is 9.97 Å². The summed E-state index contributed by atoms with van der Waals surface area (Å²) in [6, 6.07) is 0.0913. The number of hydrogen-bond acceptors (Lipinski definition) is 4. The molecule has 0 spiro atoms. The van der Waals surface area contributed by atoms with E-state index in [4.69, 9.17) is 5.73 Å². The van der Waals surface area contributed by atoms with E-state index in [0.717, 1.165) is 42.3 Å². The van der Waals surface area contributed by atoms with E-state index in [-0.39, 0.29) is 6.04 Å². The fraction of sp³-hybridized carbons (Fsp3) is 0.538. The van der Waals surface area contributed by atoms with Gasteiger partial charge >= 0.3 is 0 Å². The van der Waals surface area contributed by atoms with Crippen molar-refractivity contribution >= 4 is 11.3 Å². The van der Waals surface area contributed by atoms with Crippen molar-refractivity contribution in [2.75, 3.05) is 0 Å². The first-order valence-electron chi connectivity index (χ1n) is 6.35. The summed E-state index contributed by atoms with van der Waals surface area (Å²) < 4.78 is 2.19. The fourth-order valence-electron chi connectivity index (χ4n) is 2.00. The molecule has 0 aromatic carbocycles. The number of imidazole rings is 1. The van der Waals surface area contributed by atoms with E-state index in [2.05, 4.69) is 26.8 Å². The van der Waals surface area contributed by atoms with Gasteiger partial charge in [-0.3, -0.25) is 0 Å². The molecule has 0 aliphatic rings. The summed E-state index contributed by atoms with van der Waals surface area (Å²) >= 11 is 1.69. The van der Waals surface area contributed by atoms with Crippen molar-refractivity contribution in [2.45, 2.75) is 45.7 Å². The first-order chi connectivity index (χ1) is 8.69. The molecule has 5 heteroatoms. The fourth-order valence-corrected chi connectivity index (χ4v) is 2.87. The molecule has 18 heavy (non-hydrogen) atoms. The van der Waals surface area contributed by atoms with E-state index in [9.17, 15) is 0 Å². The van der Waals surface area contributed by atoms with Crippen LogP contribution in [0, 0.1) is 6.92 Å². The van der Waals surface area contributed by atoms with Crippen LogP contribution in [0.3, 0.4) is 0 Å². The standard InChI is InChI=1S/C13H20N4S/c1-3-5-17-6-4-15-12(17)7-11(14)8-13-16-10(2)9-18-13/h4,6,9,11H,3,5,7-8,14H2,1-2H3. The Labute approximate surface area is 112 Å². The highest BCUT2D eigenvalue weighted by Gasteiger charge is 2.11. The lowest BCUT2D eigenvalue weighted by atomic mass is 10.1. The SMILES string of the molecule is CCCn1ccnc1CC(N)Cc1nc(C)cs1. The van der Waals surface area contributed by atoms with E-state index in [1.54, 1.807) is 11.3 Å². The molecule has 2 aromatic rings. The van der Waals surface area contributed by atoms with Crippen LogP contribution in [-0.2, 0) is 19.4 Å². The van der Waals surface area contributed by atoms with Crippen molar-refractivity contribution in [1.29, 1.82) is 0 Å². The van der Waals surface area contributed by atoms with Gasteiger partial charge in [0.2, 0.25) is 0 Å². The van der Waals surface area contributed by atoms with Crippen molar-refractivity contribution in [3.05, 3.63) is 34.3 Å². The first-order valence-corrected chi connectivity index (χ1v) is 7.23. The third-order valence-corrected chi connectivity index (χ3v) is 3.80. The molecule has 2 N–H and O–H groups in total. The molecule has 2 heterocycles. The van der Waals surface area contributed by atoms with Gasteiger partial charge in [0.1, 0.15) is 5.82 Å². The van der Waals surface area contributed by atoms with Crippen LogP contribution in [-0.4, -0.2) is 20.6 Å². The van der Waals surface area contributed by atoms with Crippen LogP contribution in [0.2, 0.25) is 0 Å². The minimum absolute atomic E-state index is 0.0913. The summed E-state index contributed by atoms with van der Waals surface area (Å²) in [7, 11) is 0. The van der Waals surface area contributed by atoms with Gasteiger partial charge in [-0.2, -0.15) is 0 Å². The Kier molecular flexibility index (Phi) is 4.49. The zero-order chi connectivity index (χ0) is 13.0. The van der Waals surface area contributed by atoms with E-state index in [0.29, 0.717) is 0 Å². The number of rotatable bonds is 6. The number of nitrogens with two attached hydrogens (primary N) is 1. The minimum atomic E-state index is 0.0913. The zero-order valence-electron chi connectivity index (χ0n) is 11.0. The van der Waals surface area contributed by atoms with Gasteiger partial charge in [-0.05, 0) is 13.3 Å². The lowest BCUT2D eigenvalue weighted by molar-refractivity contribution is 0.581. The molecule has 0 amide bonds. The number of hydrogen-bond donors (Lipinski definition) is 1. The van der Waals surface area contributed by atoms with Crippen molar-refractivity contribution in [3.63, 3.8) is 0 Å². The highest BCUT2D eigenvalue weighted by Crippen LogP contribution is 2.12. The molecular formula is C13H20N4S. The Morgan fingerprint density at radius 3 is 2.94 bits per heavy atom. The topological polar surface area (TPSA) is 56.7 Å². The van der Waals surface area contributed by atoms with Crippen molar-refractivity contribution in [3.8, 4) is 0 Å². The quantitative estimate of drug-likeness (QED) is 0.870. The van der Waals surface area contributed by atoms with Gasteiger partial charge in [-0.1, -0.05) is 6.92 Å². The Morgan fingerprint density at radius 2 is 2.28 bits per heavy atom. The summed E-state index contributed by atoms with van der Waals surface area (Å²) in [6.45, 7) is 5.19. The third-order valence-electron chi connectivity index (χ3n) is 2.81. The number of aromatic nitrogens is 3. The number of aryl methyl sites for hydroxylation is 2. The highest BCUT2D eigenvalue weighted by atomic mass is 32.1. The third kappa shape index (κ3) is 3.40. The number of thiazole rings is 1. The molecule has 1 atom stereocenters. The van der Waals surface area contributed by atoms with Gasteiger partial charge in [0.25, 0.3) is 0 Å². The predicted octanol–water partition coefficient (Wildman–Crippen LogP) is 2.17. The maximum atomic E-state index is 6.18. The molecular weight excluding hydrogens is 244 g/mol. The highest BCUT2D eigenvalue weighted by molar-refractivity contribution is 7.09. The van der Waals surface area contributed by atoms with Gasteiger partial charge < -0.3 is 10.3 Å². The van der Waals surface area contributed by atoms with E-state index < -0.39 is 0 Å². The molecule has 2 aromatic heterocycles. The normalized spacial score (nSPS) is 12.8. The summed E-state index contributed by atoms with van der Waals surface area (Å²) in [5.41, 5.74) is 7.26. The number of nitrogens with zero attached hydrogens (tertiary/aromatic N) is 3. The van der Waals surface area contributed by atoms with E-state index in [1.807, 2.05) is 19.3 Å². The second-order valence-electron chi connectivity index (χ2n) is 4.59. The molecule has 0 bridgehead atoms. The Hall–Kier alpha value is -1.20. The molecule has 0 radical (unpaired) electrons. The molecule has 4 nitrogen and oxygen atoms in total. The van der Waals surface area contributed by atoms with E-state index >= 15 is 0 Å². The van der Waals surface area contributed by atoms with Gasteiger partial charge in [-0.15, -0.1) is 11.3 Å². The van der Waals surface area contributed by atoms with Crippen LogP contribution in [0.4, 0.5) is 0 Å². The predicted molar refractivity (Wildman–Crippen MR) is 74.8 cm³/mol. The molecule has 98 valence electrons. The van der Waals surface area contributed by atoms with Crippen molar-refractivity contribution < 1.29 is 0 Å². The summed E-state index contributed by atoms with van der Waals surface area (Å²) in [4.78, 5) is 8.84. The molecule has 0 aliphatic carbocycles. The summed E-state index contributed by atoms with van der Waals surface area (Å²) in [6.07, 6.45) is 6.64. The molecule has 2 rings (SSSR count). The lowest BCUT2D eigenvalue weighted by Gasteiger charge is -2.11. The molecule has 0 saturated heterocycles. The average Bonchev–Trinajstić information content (AvgIpc) is 2.90. The van der Waals surface area contributed by atoms with E-state index in [1.165, 1.54) is 0 Å². The maximum absolute atomic E-state index is 6.18. The molecule has 0 aliphatic heterocycles.